The van der Waals surface area contributed by atoms with Gasteiger partial charge >= 0.3 is 0 Å². The molecule has 0 atom stereocenters. The zero-order valence-electron chi connectivity index (χ0n) is 15.3. The molecule has 2 aromatic carbocycles. The largest absolute Gasteiger partial charge is 0.492 e. The van der Waals surface area contributed by atoms with Gasteiger partial charge in [-0.1, -0.05) is 28.1 Å². The molecule has 0 radical (unpaired) electrons. The predicted octanol–water partition coefficient (Wildman–Crippen LogP) is 4.83. The van der Waals surface area contributed by atoms with Gasteiger partial charge in [0.2, 0.25) is 5.91 Å². The SMILES string of the molecule is CCOc1ccccc1NC(=O)Cc1cc(OCC)c(OCC)cc1Br. The van der Waals surface area contributed by atoms with Crippen molar-refractivity contribution in [2.45, 2.75) is 27.2 Å². The van der Waals surface area contributed by atoms with E-state index >= 15 is 0 Å². The molecule has 6 heteroatoms. The second-order valence-corrected chi connectivity index (χ2v) is 6.26. The van der Waals surface area contributed by atoms with Crippen LogP contribution in [0.3, 0.4) is 0 Å². The van der Waals surface area contributed by atoms with E-state index in [0.29, 0.717) is 42.8 Å². The third-order valence-corrected chi connectivity index (χ3v) is 4.26. The first-order chi connectivity index (χ1) is 12.6. The second-order valence-electron chi connectivity index (χ2n) is 5.41. The summed E-state index contributed by atoms with van der Waals surface area (Å²) in [6.45, 7) is 7.34. The minimum absolute atomic E-state index is 0.135. The average Bonchev–Trinajstić information content (AvgIpc) is 2.61. The Balaban J connectivity index is 2.17. The van der Waals surface area contributed by atoms with Crippen LogP contribution in [-0.4, -0.2) is 25.7 Å². The van der Waals surface area contributed by atoms with E-state index in [2.05, 4.69) is 21.2 Å². The molecule has 2 rings (SSSR count). The number of rotatable bonds is 9. The highest BCUT2D eigenvalue weighted by Crippen LogP contribution is 2.34. The highest BCUT2D eigenvalue weighted by molar-refractivity contribution is 9.10. The number of para-hydroxylation sites is 2. The van der Waals surface area contributed by atoms with Crippen LogP contribution in [0.25, 0.3) is 0 Å². The third kappa shape index (κ3) is 5.39. The van der Waals surface area contributed by atoms with E-state index in [1.54, 1.807) is 0 Å². The minimum Gasteiger partial charge on any atom is -0.492 e. The van der Waals surface area contributed by atoms with Crippen molar-refractivity contribution in [3.63, 3.8) is 0 Å². The Morgan fingerprint density at radius 1 is 0.923 bits per heavy atom. The van der Waals surface area contributed by atoms with Gasteiger partial charge in [0.15, 0.2) is 11.5 Å². The van der Waals surface area contributed by atoms with Crippen LogP contribution in [0, 0.1) is 0 Å². The fourth-order valence-electron chi connectivity index (χ4n) is 2.47. The Morgan fingerprint density at radius 2 is 1.50 bits per heavy atom. The van der Waals surface area contributed by atoms with Gasteiger partial charge in [0.25, 0.3) is 0 Å². The Labute approximate surface area is 162 Å². The molecule has 0 heterocycles. The molecule has 0 saturated carbocycles. The molecule has 0 aliphatic heterocycles. The summed E-state index contributed by atoms with van der Waals surface area (Å²) in [4.78, 5) is 12.5. The molecule has 0 fully saturated rings. The van der Waals surface area contributed by atoms with E-state index < -0.39 is 0 Å². The summed E-state index contributed by atoms with van der Waals surface area (Å²) in [5, 5.41) is 2.91. The standard InChI is InChI=1S/C20H24BrNO4/c1-4-24-17-10-8-7-9-16(17)22-20(23)12-14-11-18(25-5-2)19(26-6-3)13-15(14)21/h7-11,13H,4-6,12H2,1-3H3,(H,22,23). The molecule has 0 saturated heterocycles. The summed E-state index contributed by atoms with van der Waals surface area (Å²) in [5.41, 5.74) is 1.48. The molecular formula is C20H24BrNO4. The second kappa shape index (κ2) is 10.1. The number of ether oxygens (including phenoxy) is 3. The summed E-state index contributed by atoms with van der Waals surface area (Å²) >= 11 is 3.52. The van der Waals surface area contributed by atoms with Crippen molar-refractivity contribution < 1.29 is 19.0 Å². The topological polar surface area (TPSA) is 56.8 Å². The van der Waals surface area contributed by atoms with Crippen LogP contribution in [0.1, 0.15) is 26.3 Å². The maximum absolute atomic E-state index is 12.5. The number of hydrogen-bond donors (Lipinski definition) is 1. The lowest BCUT2D eigenvalue weighted by atomic mass is 10.1. The monoisotopic (exact) mass is 421 g/mol. The highest BCUT2D eigenvalue weighted by Gasteiger charge is 2.14. The van der Waals surface area contributed by atoms with E-state index in [9.17, 15) is 4.79 Å². The highest BCUT2D eigenvalue weighted by atomic mass is 79.9. The normalized spacial score (nSPS) is 10.3. The lowest BCUT2D eigenvalue weighted by Crippen LogP contribution is -2.15. The number of nitrogens with one attached hydrogen (secondary N) is 1. The van der Waals surface area contributed by atoms with Gasteiger partial charge in [-0.15, -0.1) is 0 Å². The Kier molecular flexibility index (Phi) is 7.78. The van der Waals surface area contributed by atoms with Gasteiger partial charge < -0.3 is 19.5 Å². The van der Waals surface area contributed by atoms with Crippen molar-refractivity contribution in [3.8, 4) is 17.2 Å². The molecule has 26 heavy (non-hydrogen) atoms. The number of amides is 1. The number of hydrogen-bond acceptors (Lipinski definition) is 4. The van der Waals surface area contributed by atoms with Crippen LogP contribution >= 0.6 is 15.9 Å². The van der Waals surface area contributed by atoms with Crippen molar-refractivity contribution >= 4 is 27.5 Å². The van der Waals surface area contributed by atoms with Crippen molar-refractivity contribution in [3.05, 3.63) is 46.4 Å². The number of carbonyl (C=O) groups excluding carboxylic acids is 1. The summed E-state index contributed by atoms with van der Waals surface area (Å²) in [7, 11) is 0. The number of carbonyl (C=O) groups is 1. The molecular weight excluding hydrogens is 398 g/mol. The fourth-order valence-corrected chi connectivity index (χ4v) is 2.93. The summed E-state index contributed by atoms with van der Waals surface area (Å²) in [6.07, 6.45) is 0.202. The Hall–Kier alpha value is -2.21. The molecule has 140 valence electrons. The number of benzene rings is 2. The van der Waals surface area contributed by atoms with Crippen molar-refractivity contribution in [1.29, 1.82) is 0 Å². The molecule has 0 aromatic heterocycles. The van der Waals surface area contributed by atoms with Crippen molar-refractivity contribution in [2.24, 2.45) is 0 Å². The van der Waals surface area contributed by atoms with Crippen LogP contribution in [0.15, 0.2) is 40.9 Å². The number of anilines is 1. The predicted molar refractivity (Wildman–Crippen MR) is 106 cm³/mol. The first kappa shape index (κ1) is 20.1. The molecule has 0 bridgehead atoms. The minimum atomic E-state index is -0.135. The molecule has 0 aliphatic carbocycles. The molecule has 5 nitrogen and oxygen atoms in total. The van der Waals surface area contributed by atoms with Gasteiger partial charge in [-0.05, 0) is 50.6 Å². The van der Waals surface area contributed by atoms with Gasteiger partial charge in [-0.3, -0.25) is 4.79 Å². The van der Waals surface area contributed by atoms with Gasteiger partial charge in [-0.2, -0.15) is 0 Å². The van der Waals surface area contributed by atoms with E-state index in [-0.39, 0.29) is 12.3 Å². The van der Waals surface area contributed by atoms with Crippen LogP contribution in [0.2, 0.25) is 0 Å². The Morgan fingerprint density at radius 3 is 2.15 bits per heavy atom. The zero-order chi connectivity index (χ0) is 18.9. The lowest BCUT2D eigenvalue weighted by Gasteiger charge is -2.15. The molecule has 1 amide bonds. The van der Waals surface area contributed by atoms with Gasteiger partial charge in [0.1, 0.15) is 5.75 Å². The molecule has 0 aliphatic rings. The molecule has 1 N–H and O–H groups in total. The van der Waals surface area contributed by atoms with E-state index in [1.807, 2.05) is 57.2 Å². The van der Waals surface area contributed by atoms with Crippen LogP contribution < -0.4 is 19.5 Å². The van der Waals surface area contributed by atoms with Crippen LogP contribution in [0.4, 0.5) is 5.69 Å². The van der Waals surface area contributed by atoms with E-state index in [1.165, 1.54) is 0 Å². The summed E-state index contributed by atoms with van der Waals surface area (Å²) in [5.74, 6) is 1.82. The fraction of sp³-hybridized carbons (Fsp3) is 0.350. The molecule has 0 spiro atoms. The Bertz CT molecular complexity index is 749. The average molecular weight is 422 g/mol. The lowest BCUT2D eigenvalue weighted by molar-refractivity contribution is -0.115. The first-order valence-corrected chi connectivity index (χ1v) is 9.47. The smallest absolute Gasteiger partial charge is 0.228 e. The zero-order valence-corrected chi connectivity index (χ0v) is 16.9. The quantitative estimate of drug-likeness (QED) is 0.629. The molecule has 0 unspecified atom stereocenters. The maximum atomic E-state index is 12.5. The summed E-state index contributed by atoms with van der Waals surface area (Å²) in [6, 6.07) is 11.1. The van der Waals surface area contributed by atoms with Crippen LogP contribution in [0.5, 0.6) is 17.2 Å². The molecule has 2 aromatic rings. The van der Waals surface area contributed by atoms with Gasteiger partial charge in [0.05, 0.1) is 31.9 Å². The van der Waals surface area contributed by atoms with Crippen molar-refractivity contribution in [1.82, 2.24) is 0 Å². The third-order valence-electron chi connectivity index (χ3n) is 3.52. The van der Waals surface area contributed by atoms with E-state index in [0.717, 1.165) is 10.0 Å². The maximum Gasteiger partial charge on any atom is 0.228 e. The van der Waals surface area contributed by atoms with Crippen LogP contribution in [-0.2, 0) is 11.2 Å². The first-order valence-electron chi connectivity index (χ1n) is 8.68. The van der Waals surface area contributed by atoms with Gasteiger partial charge in [-0.25, -0.2) is 0 Å². The van der Waals surface area contributed by atoms with Gasteiger partial charge in [0, 0.05) is 4.47 Å². The summed E-state index contributed by atoms with van der Waals surface area (Å²) < 4.78 is 17.6. The number of halogens is 1. The van der Waals surface area contributed by atoms with Crippen molar-refractivity contribution in [2.75, 3.05) is 25.1 Å². The van der Waals surface area contributed by atoms with E-state index in [4.69, 9.17) is 14.2 Å².